The first-order chi connectivity index (χ1) is 1.89. The zero-order valence-electron chi connectivity index (χ0n) is 2.69. The molecule has 0 amide bonds. The van der Waals surface area contributed by atoms with Crippen LogP contribution >= 0.6 is 0 Å². The zero-order valence-corrected chi connectivity index (χ0v) is 2.69. The van der Waals surface area contributed by atoms with E-state index in [1.54, 1.807) is 0 Å². The summed E-state index contributed by atoms with van der Waals surface area (Å²) in [5.74, 6) is 0. The summed E-state index contributed by atoms with van der Waals surface area (Å²) in [6.45, 7) is 3.04. The predicted octanol–water partition coefficient (Wildman–Crippen LogP) is -0.243. The van der Waals surface area contributed by atoms with E-state index >= 15 is 0 Å². The maximum atomic E-state index is 4.71. The second kappa shape index (κ2) is 1.87. The van der Waals surface area contributed by atoms with E-state index in [4.69, 9.17) is 4.74 Å². The summed E-state index contributed by atoms with van der Waals surface area (Å²) in [4.78, 5) is 0. The van der Waals surface area contributed by atoms with Gasteiger partial charge in [0.2, 0.25) is 0 Å². The maximum absolute atomic E-state index is 4.71. The van der Waals surface area contributed by atoms with Crippen molar-refractivity contribution in [1.29, 1.82) is 0 Å². The number of hydrogen-bond acceptors (Lipinski definition) is 1. The van der Waals surface area contributed by atoms with E-state index in [-0.39, 0.29) is 18.9 Å². The molecule has 0 aromatic rings. The summed E-state index contributed by atoms with van der Waals surface area (Å²) in [5, 5.41) is 0. The molecular formula is C3H7LiO. The fourth-order valence-electron chi connectivity index (χ4n) is 0.0962. The molecule has 1 atom stereocenters. The fourth-order valence-corrected chi connectivity index (χ4v) is 0.0962. The molecule has 0 saturated carbocycles. The standard InChI is InChI=1S/C3H6O.Li.H/c1-3-2-4-3;;/h3H,2H2,1H3;;. The van der Waals surface area contributed by atoms with Crippen molar-refractivity contribution in [3.05, 3.63) is 0 Å². The summed E-state index contributed by atoms with van der Waals surface area (Å²) >= 11 is 0. The van der Waals surface area contributed by atoms with Crippen LogP contribution in [0.15, 0.2) is 0 Å². The molecule has 26 valence electrons. The van der Waals surface area contributed by atoms with Gasteiger partial charge in [-0.3, -0.25) is 0 Å². The molecule has 2 heteroatoms. The number of hydrogen-bond donors (Lipinski definition) is 0. The first-order valence-electron chi connectivity index (χ1n) is 1.51. The SMILES string of the molecule is CC1CO1.[LiH]. The second-order valence-electron chi connectivity index (χ2n) is 1.14. The molecule has 0 aromatic heterocycles. The average molecular weight is 66.0 g/mol. The number of ether oxygens (including phenoxy) is 1. The molecule has 1 saturated heterocycles. The van der Waals surface area contributed by atoms with E-state index in [1.807, 2.05) is 0 Å². The van der Waals surface area contributed by atoms with Crippen molar-refractivity contribution >= 4 is 18.9 Å². The summed E-state index contributed by atoms with van der Waals surface area (Å²) < 4.78 is 4.71. The van der Waals surface area contributed by atoms with Gasteiger partial charge < -0.3 is 4.74 Å². The molecular weight excluding hydrogens is 59.0 g/mol. The molecule has 1 aliphatic rings. The topological polar surface area (TPSA) is 12.5 Å². The van der Waals surface area contributed by atoms with Gasteiger partial charge in [0.05, 0.1) is 12.7 Å². The van der Waals surface area contributed by atoms with Gasteiger partial charge in [0.1, 0.15) is 0 Å². The van der Waals surface area contributed by atoms with Crippen LogP contribution in [-0.2, 0) is 4.74 Å². The Bertz CT molecular complexity index is 26.1. The molecule has 1 rings (SSSR count). The molecule has 0 radical (unpaired) electrons. The normalized spacial score (nSPS) is 31.8. The van der Waals surface area contributed by atoms with Crippen LogP contribution in [0.1, 0.15) is 6.92 Å². The molecule has 1 aliphatic heterocycles. The molecule has 1 fully saturated rings. The Morgan fingerprint density at radius 3 is 2.00 bits per heavy atom. The van der Waals surface area contributed by atoms with Gasteiger partial charge in [-0.2, -0.15) is 0 Å². The van der Waals surface area contributed by atoms with Gasteiger partial charge in [0.15, 0.2) is 0 Å². The van der Waals surface area contributed by atoms with Crippen LogP contribution in [0.2, 0.25) is 0 Å². The summed E-state index contributed by atoms with van der Waals surface area (Å²) in [6.07, 6.45) is 0.583. The first-order valence-corrected chi connectivity index (χ1v) is 1.51. The van der Waals surface area contributed by atoms with Crippen molar-refractivity contribution in [2.24, 2.45) is 0 Å². The van der Waals surface area contributed by atoms with E-state index in [0.29, 0.717) is 6.10 Å². The predicted molar refractivity (Wildman–Crippen MR) is 22.6 cm³/mol. The van der Waals surface area contributed by atoms with Crippen molar-refractivity contribution in [1.82, 2.24) is 0 Å². The third kappa shape index (κ3) is 2.36. The number of rotatable bonds is 0. The second-order valence-corrected chi connectivity index (χ2v) is 1.14. The molecule has 5 heavy (non-hydrogen) atoms. The van der Waals surface area contributed by atoms with Gasteiger partial charge in [-0.05, 0) is 6.92 Å². The van der Waals surface area contributed by atoms with E-state index in [1.165, 1.54) is 0 Å². The van der Waals surface area contributed by atoms with E-state index in [9.17, 15) is 0 Å². The molecule has 0 aromatic carbocycles. The van der Waals surface area contributed by atoms with E-state index < -0.39 is 0 Å². The minimum absolute atomic E-state index is 0. The molecule has 1 nitrogen and oxygen atoms in total. The van der Waals surface area contributed by atoms with E-state index in [0.717, 1.165) is 6.61 Å². The van der Waals surface area contributed by atoms with Gasteiger partial charge in [0.25, 0.3) is 0 Å². The minimum atomic E-state index is 0. The molecule has 0 N–H and O–H groups in total. The van der Waals surface area contributed by atoms with Crippen LogP contribution in [0, 0.1) is 0 Å². The van der Waals surface area contributed by atoms with Gasteiger partial charge in [-0.25, -0.2) is 0 Å². The van der Waals surface area contributed by atoms with Gasteiger partial charge in [-0.15, -0.1) is 0 Å². The Morgan fingerprint density at radius 2 is 2.00 bits per heavy atom. The first kappa shape index (κ1) is 5.56. The van der Waals surface area contributed by atoms with Crippen LogP contribution < -0.4 is 0 Å². The van der Waals surface area contributed by atoms with Crippen molar-refractivity contribution in [3.8, 4) is 0 Å². The molecule has 0 spiro atoms. The molecule has 1 heterocycles. The Morgan fingerprint density at radius 1 is 1.80 bits per heavy atom. The van der Waals surface area contributed by atoms with Gasteiger partial charge in [0, 0.05) is 0 Å². The van der Waals surface area contributed by atoms with Gasteiger partial charge >= 0.3 is 18.9 Å². The summed E-state index contributed by atoms with van der Waals surface area (Å²) in [5.41, 5.74) is 0. The van der Waals surface area contributed by atoms with Crippen LogP contribution in [-0.4, -0.2) is 31.6 Å². The molecule has 1 unspecified atom stereocenters. The molecule has 0 aliphatic carbocycles. The van der Waals surface area contributed by atoms with Gasteiger partial charge in [-0.1, -0.05) is 0 Å². The van der Waals surface area contributed by atoms with Crippen LogP contribution in [0.25, 0.3) is 0 Å². The Labute approximate surface area is 43.9 Å². The Kier molecular flexibility index (Phi) is 2.08. The Hall–Kier alpha value is 0.557. The Balaban J connectivity index is 0.000000160. The van der Waals surface area contributed by atoms with Crippen LogP contribution in [0.5, 0.6) is 0 Å². The molecule has 0 bridgehead atoms. The third-order valence-corrected chi connectivity index (χ3v) is 0.500. The van der Waals surface area contributed by atoms with Crippen molar-refractivity contribution in [3.63, 3.8) is 0 Å². The average Bonchev–Trinajstić information content (AvgIpc) is 1.75. The van der Waals surface area contributed by atoms with E-state index in [2.05, 4.69) is 6.92 Å². The van der Waals surface area contributed by atoms with Crippen molar-refractivity contribution in [2.75, 3.05) is 6.61 Å². The van der Waals surface area contributed by atoms with Crippen molar-refractivity contribution < 1.29 is 4.74 Å². The van der Waals surface area contributed by atoms with Crippen LogP contribution in [0.3, 0.4) is 0 Å². The monoisotopic (exact) mass is 66.1 g/mol. The fraction of sp³-hybridized carbons (Fsp3) is 1.00. The number of epoxide rings is 1. The van der Waals surface area contributed by atoms with Crippen LogP contribution in [0.4, 0.5) is 0 Å². The zero-order chi connectivity index (χ0) is 2.99. The summed E-state index contributed by atoms with van der Waals surface area (Å²) in [6, 6.07) is 0. The third-order valence-electron chi connectivity index (χ3n) is 0.500. The summed E-state index contributed by atoms with van der Waals surface area (Å²) in [7, 11) is 0. The van der Waals surface area contributed by atoms with Crippen molar-refractivity contribution in [2.45, 2.75) is 13.0 Å². The quantitative estimate of drug-likeness (QED) is 0.281.